The summed E-state index contributed by atoms with van der Waals surface area (Å²) in [5.41, 5.74) is 6.07. The SMILES string of the molecule is CCNC(=O)c1cc(OC2CC(N)C2)ccn1. The molecule has 0 aromatic carbocycles. The smallest absolute Gasteiger partial charge is 0.270 e. The van der Waals surface area contributed by atoms with Crippen molar-refractivity contribution < 1.29 is 9.53 Å². The number of carbonyl (C=O) groups excluding carboxylic acids is 1. The number of ether oxygens (including phenoxy) is 1. The molecule has 1 fully saturated rings. The molecular weight excluding hydrogens is 218 g/mol. The quantitative estimate of drug-likeness (QED) is 0.805. The number of hydrogen-bond acceptors (Lipinski definition) is 4. The van der Waals surface area contributed by atoms with Crippen LogP contribution in [0, 0.1) is 0 Å². The van der Waals surface area contributed by atoms with Crippen molar-refractivity contribution in [1.82, 2.24) is 10.3 Å². The van der Waals surface area contributed by atoms with Gasteiger partial charge in [-0.1, -0.05) is 0 Å². The van der Waals surface area contributed by atoms with Gasteiger partial charge in [0.15, 0.2) is 0 Å². The van der Waals surface area contributed by atoms with E-state index >= 15 is 0 Å². The molecule has 5 nitrogen and oxygen atoms in total. The molecule has 1 heterocycles. The van der Waals surface area contributed by atoms with Crippen LogP contribution >= 0.6 is 0 Å². The van der Waals surface area contributed by atoms with Crippen LogP contribution in [-0.2, 0) is 0 Å². The zero-order chi connectivity index (χ0) is 12.3. The molecule has 0 aliphatic heterocycles. The maximum atomic E-state index is 11.6. The number of aromatic nitrogens is 1. The van der Waals surface area contributed by atoms with E-state index in [4.69, 9.17) is 10.5 Å². The van der Waals surface area contributed by atoms with Crippen molar-refractivity contribution in [3.8, 4) is 5.75 Å². The Morgan fingerprint density at radius 2 is 2.41 bits per heavy atom. The lowest BCUT2D eigenvalue weighted by atomic mass is 9.90. The Labute approximate surface area is 100 Å². The zero-order valence-corrected chi connectivity index (χ0v) is 9.85. The van der Waals surface area contributed by atoms with Crippen LogP contribution in [-0.4, -0.2) is 29.6 Å². The van der Waals surface area contributed by atoms with Gasteiger partial charge in [0.1, 0.15) is 17.5 Å². The molecule has 1 aromatic heterocycles. The fourth-order valence-electron chi connectivity index (χ4n) is 1.75. The molecule has 1 aliphatic rings. The van der Waals surface area contributed by atoms with Crippen LogP contribution in [0.2, 0.25) is 0 Å². The van der Waals surface area contributed by atoms with Gasteiger partial charge in [-0.25, -0.2) is 0 Å². The van der Waals surface area contributed by atoms with E-state index in [0.29, 0.717) is 18.0 Å². The van der Waals surface area contributed by atoms with Crippen molar-refractivity contribution in [1.29, 1.82) is 0 Å². The van der Waals surface area contributed by atoms with Gasteiger partial charge < -0.3 is 15.8 Å². The van der Waals surface area contributed by atoms with Crippen LogP contribution in [0.4, 0.5) is 0 Å². The molecule has 92 valence electrons. The molecule has 5 heteroatoms. The maximum absolute atomic E-state index is 11.6. The lowest BCUT2D eigenvalue weighted by molar-refractivity contribution is 0.0937. The highest BCUT2D eigenvalue weighted by Gasteiger charge is 2.27. The first kappa shape index (κ1) is 11.9. The number of nitrogens with zero attached hydrogens (tertiary/aromatic N) is 1. The highest BCUT2D eigenvalue weighted by atomic mass is 16.5. The van der Waals surface area contributed by atoms with Crippen LogP contribution in [0.3, 0.4) is 0 Å². The van der Waals surface area contributed by atoms with E-state index in [1.54, 1.807) is 18.3 Å². The number of rotatable bonds is 4. The van der Waals surface area contributed by atoms with Gasteiger partial charge in [-0.3, -0.25) is 9.78 Å². The molecule has 1 aromatic rings. The minimum atomic E-state index is -0.178. The fourth-order valence-corrected chi connectivity index (χ4v) is 1.75. The number of nitrogens with two attached hydrogens (primary N) is 1. The van der Waals surface area contributed by atoms with Crippen LogP contribution in [0.15, 0.2) is 18.3 Å². The molecule has 1 saturated carbocycles. The zero-order valence-electron chi connectivity index (χ0n) is 9.85. The second-order valence-corrected chi connectivity index (χ2v) is 4.21. The Kier molecular flexibility index (Phi) is 3.58. The number of hydrogen-bond donors (Lipinski definition) is 2. The standard InChI is InChI=1S/C12H17N3O2/c1-2-14-12(16)11-7-9(3-4-15-11)17-10-5-8(13)6-10/h3-4,7-8,10H,2,5-6,13H2,1H3,(H,14,16). The third-order valence-electron chi connectivity index (χ3n) is 2.74. The van der Waals surface area contributed by atoms with Crippen molar-refractivity contribution in [3.63, 3.8) is 0 Å². The molecule has 17 heavy (non-hydrogen) atoms. The normalized spacial score (nSPS) is 22.7. The van der Waals surface area contributed by atoms with E-state index in [-0.39, 0.29) is 18.1 Å². The van der Waals surface area contributed by atoms with Gasteiger partial charge in [0.2, 0.25) is 0 Å². The van der Waals surface area contributed by atoms with E-state index in [0.717, 1.165) is 12.8 Å². The molecule has 0 radical (unpaired) electrons. The number of nitrogens with one attached hydrogen (secondary N) is 1. The molecule has 0 atom stereocenters. The first-order chi connectivity index (χ1) is 8.19. The van der Waals surface area contributed by atoms with Crippen molar-refractivity contribution in [2.75, 3.05) is 6.54 Å². The minimum Gasteiger partial charge on any atom is -0.490 e. The predicted octanol–water partition coefficient (Wildman–Crippen LogP) is 0.700. The second-order valence-electron chi connectivity index (χ2n) is 4.21. The molecule has 0 unspecified atom stereocenters. The highest BCUT2D eigenvalue weighted by Crippen LogP contribution is 2.24. The van der Waals surface area contributed by atoms with Crippen molar-refractivity contribution in [2.24, 2.45) is 5.73 Å². The minimum absolute atomic E-state index is 0.175. The average Bonchev–Trinajstić information content (AvgIpc) is 2.28. The summed E-state index contributed by atoms with van der Waals surface area (Å²) in [5.74, 6) is 0.501. The monoisotopic (exact) mass is 235 g/mol. The molecular formula is C12H17N3O2. The summed E-state index contributed by atoms with van der Waals surface area (Å²) in [6, 6.07) is 3.67. The van der Waals surface area contributed by atoms with Gasteiger partial charge in [-0.05, 0) is 25.8 Å². The summed E-state index contributed by atoms with van der Waals surface area (Å²) in [4.78, 5) is 15.6. The largest absolute Gasteiger partial charge is 0.490 e. The summed E-state index contributed by atoms with van der Waals surface area (Å²) in [6.07, 6.45) is 3.50. The molecule has 2 rings (SSSR count). The third kappa shape index (κ3) is 2.94. The second kappa shape index (κ2) is 5.14. The summed E-state index contributed by atoms with van der Waals surface area (Å²) in [5, 5.41) is 2.70. The lowest BCUT2D eigenvalue weighted by Crippen LogP contribution is -2.43. The van der Waals surface area contributed by atoms with Crippen LogP contribution in [0.1, 0.15) is 30.3 Å². The Morgan fingerprint density at radius 1 is 1.65 bits per heavy atom. The van der Waals surface area contributed by atoms with Gasteiger partial charge >= 0.3 is 0 Å². The van der Waals surface area contributed by atoms with Crippen molar-refractivity contribution in [3.05, 3.63) is 24.0 Å². The summed E-state index contributed by atoms with van der Waals surface area (Å²) in [6.45, 7) is 2.46. The van der Waals surface area contributed by atoms with E-state index in [1.165, 1.54) is 0 Å². The van der Waals surface area contributed by atoms with Gasteiger partial charge in [0.25, 0.3) is 5.91 Å². The topological polar surface area (TPSA) is 77.2 Å². The number of carbonyl (C=O) groups is 1. The predicted molar refractivity (Wildman–Crippen MR) is 63.9 cm³/mol. The fraction of sp³-hybridized carbons (Fsp3) is 0.500. The molecule has 1 aliphatic carbocycles. The Morgan fingerprint density at radius 3 is 3.06 bits per heavy atom. The van der Waals surface area contributed by atoms with Crippen molar-refractivity contribution >= 4 is 5.91 Å². The third-order valence-corrected chi connectivity index (χ3v) is 2.74. The molecule has 3 N–H and O–H groups in total. The molecule has 0 saturated heterocycles. The Hall–Kier alpha value is -1.62. The maximum Gasteiger partial charge on any atom is 0.270 e. The average molecular weight is 235 g/mol. The van der Waals surface area contributed by atoms with Gasteiger partial charge in [-0.15, -0.1) is 0 Å². The molecule has 1 amide bonds. The van der Waals surface area contributed by atoms with Gasteiger partial charge in [0, 0.05) is 24.8 Å². The van der Waals surface area contributed by atoms with Gasteiger partial charge in [0.05, 0.1) is 0 Å². The van der Waals surface area contributed by atoms with E-state index in [2.05, 4.69) is 10.3 Å². The number of amides is 1. The van der Waals surface area contributed by atoms with Crippen LogP contribution < -0.4 is 15.8 Å². The van der Waals surface area contributed by atoms with Crippen LogP contribution in [0.5, 0.6) is 5.75 Å². The summed E-state index contributed by atoms with van der Waals surface area (Å²) in [7, 11) is 0. The lowest BCUT2D eigenvalue weighted by Gasteiger charge is -2.32. The van der Waals surface area contributed by atoms with E-state index in [1.807, 2.05) is 6.92 Å². The summed E-state index contributed by atoms with van der Waals surface area (Å²) >= 11 is 0. The summed E-state index contributed by atoms with van der Waals surface area (Å²) < 4.78 is 5.69. The van der Waals surface area contributed by atoms with Crippen LogP contribution in [0.25, 0.3) is 0 Å². The Bertz CT molecular complexity index is 402. The first-order valence-electron chi connectivity index (χ1n) is 5.85. The van der Waals surface area contributed by atoms with E-state index < -0.39 is 0 Å². The highest BCUT2D eigenvalue weighted by molar-refractivity contribution is 5.92. The van der Waals surface area contributed by atoms with Crippen molar-refractivity contribution in [2.45, 2.75) is 31.9 Å². The van der Waals surface area contributed by atoms with E-state index in [9.17, 15) is 4.79 Å². The molecule has 0 bridgehead atoms. The number of pyridine rings is 1. The Balaban J connectivity index is 1.98. The molecule has 0 spiro atoms. The first-order valence-corrected chi connectivity index (χ1v) is 5.85. The van der Waals surface area contributed by atoms with Gasteiger partial charge in [-0.2, -0.15) is 0 Å².